The van der Waals surface area contributed by atoms with Crippen molar-refractivity contribution in [2.24, 2.45) is 10.9 Å². The van der Waals surface area contributed by atoms with Crippen molar-refractivity contribution >= 4 is 29.9 Å². The highest BCUT2D eigenvalue weighted by molar-refractivity contribution is 14.0. The Kier molecular flexibility index (Phi) is 9.92. The summed E-state index contributed by atoms with van der Waals surface area (Å²) in [6.45, 7) is 9.95. The highest BCUT2D eigenvalue weighted by Gasteiger charge is 2.33. The number of likely N-dealkylation sites (tertiary alicyclic amines) is 3. The van der Waals surface area contributed by atoms with Crippen LogP contribution in [0.25, 0.3) is 0 Å². The number of aliphatic imine (C=N–C) groups is 1. The van der Waals surface area contributed by atoms with Crippen molar-refractivity contribution in [3.05, 3.63) is 29.8 Å². The van der Waals surface area contributed by atoms with Gasteiger partial charge in [0.05, 0.1) is 7.11 Å². The third-order valence-corrected chi connectivity index (χ3v) is 7.39. The maximum Gasteiger partial charge on any atom is 0.193 e. The maximum atomic E-state index is 5.37. The number of halogens is 1. The number of hydrogen-bond acceptors (Lipinski definition) is 4. The summed E-state index contributed by atoms with van der Waals surface area (Å²) in [6.07, 6.45) is 6.49. The summed E-state index contributed by atoms with van der Waals surface area (Å²) < 4.78 is 5.37. The Morgan fingerprint density at radius 3 is 2.50 bits per heavy atom. The van der Waals surface area contributed by atoms with E-state index in [1.54, 1.807) is 7.11 Å². The Morgan fingerprint density at radius 1 is 1.06 bits per heavy atom. The molecule has 0 radical (unpaired) electrons. The van der Waals surface area contributed by atoms with Crippen LogP contribution >= 0.6 is 24.0 Å². The van der Waals surface area contributed by atoms with Gasteiger partial charge in [0.2, 0.25) is 0 Å². The fraction of sp³-hybridized carbons (Fsp3) is 0.720. The summed E-state index contributed by atoms with van der Waals surface area (Å²) in [4.78, 5) is 12.9. The second-order valence-electron chi connectivity index (χ2n) is 9.43. The van der Waals surface area contributed by atoms with Crippen LogP contribution in [0.5, 0.6) is 5.75 Å². The molecule has 3 fully saturated rings. The van der Waals surface area contributed by atoms with Gasteiger partial charge in [0.1, 0.15) is 5.75 Å². The fourth-order valence-electron chi connectivity index (χ4n) is 5.75. The van der Waals surface area contributed by atoms with Crippen molar-refractivity contribution in [1.29, 1.82) is 0 Å². The molecule has 0 aromatic heterocycles. The van der Waals surface area contributed by atoms with E-state index in [0.717, 1.165) is 44.4 Å². The zero-order chi connectivity index (χ0) is 21.6. The molecular formula is C25H42IN5O. The molecule has 3 aliphatic rings. The van der Waals surface area contributed by atoms with E-state index in [4.69, 9.17) is 9.73 Å². The van der Waals surface area contributed by atoms with Crippen molar-refractivity contribution in [3.8, 4) is 5.75 Å². The topological polar surface area (TPSA) is 43.3 Å². The number of methoxy groups -OCH3 is 1. The molecule has 3 atom stereocenters. The molecule has 3 saturated heterocycles. The standard InChI is InChI=1S/C25H41N5O.HI/c1-4-26-25(30-17-13-22(19-30)29-15-5-6-16-29)27-18-21-8-7-14-28(2)24(21)20-9-11-23(31-3)12-10-20;/h9-12,21-22,24H,4-8,13-19H2,1-3H3,(H,26,27);1H. The molecule has 6 nitrogen and oxygen atoms in total. The molecule has 180 valence electrons. The Balaban J connectivity index is 0.00000289. The fourth-order valence-corrected chi connectivity index (χ4v) is 5.75. The van der Waals surface area contributed by atoms with Gasteiger partial charge in [-0.2, -0.15) is 0 Å². The molecule has 4 rings (SSSR count). The second kappa shape index (κ2) is 12.4. The van der Waals surface area contributed by atoms with Crippen molar-refractivity contribution < 1.29 is 4.74 Å². The van der Waals surface area contributed by atoms with E-state index in [-0.39, 0.29) is 24.0 Å². The Morgan fingerprint density at radius 2 is 1.81 bits per heavy atom. The average Bonchev–Trinajstić information content (AvgIpc) is 3.49. The first-order valence-electron chi connectivity index (χ1n) is 12.3. The van der Waals surface area contributed by atoms with E-state index in [1.165, 1.54) is 50.8 Å². The maximum absolute atomic E-state index is 5.37. The van der Waals surface area contributed by atoms with E-state index in [2.05, 4.69) is 58.3 Å². The van der Waals surface area contributed by atoms with Crippen molar-refractivity contribution in [1.82, 2.24) is 20.0 Å². The van der Waals surface area contributed by atoms with Crippen LogP contribution in [-0.4, -0.2) is 86.7 Å². The van der Waals surface area contributed by atoms with E-state index in [1.807, 2.05) is 0 Å². The summed E-state index contributed by atoms with van der Waals surface area (Å²) in [5.41, 5.74) is 1.38. The number of piperidine rings is 1. The summed E-state index contributed by atoms with van der Waals surface area (Å²) in [5, 5.41) is 3.58. The molecular weight excluding hydrogens is 513 g/mol. The van der Waals surface area contributed by atoms with Crippen LogP contribution in [0.15, 0.2) is 29.3 Å². The van der Waals surface area contributed by atoms with E-state index < -0.39 is 0 Å². The monoisotopic (exact) mass is 555 g/mol. The molecule has 1 aromatic carbocycles. The van der Waals surface area contributed by atoms with Crippen molar-refractivity contribution in [3.63, 3.8) is 0 Å². The number of nitrogens with one attached hydrogen (secondary N) is 1. The van der Waals surface area contributed by atoms with Crippen LogP contribution in [0.4, 0.5) is 0 Å². The van der Waals surface area contributed by atoms with Crippen LogP contribution in [0.3, 0.4) is 0 Å². The van der Waals surface area contributed by atoms with Gasteiger partial charge in [-0.25, -0.2) is 0 Å². The molecule has 0 aliphatic carbocycles. The molecule has 7 heteroatoms. The number of nitrogens with zero attached hydrogens (tertiary/aromatic N) is 4. The predicted octanol–water partition coefficient (Wildman–Crippen LogP) is 3.83. The first-order valence-corrected chi connectivity index (χ1v) is 12.3. The van der Waals surface area contributed by atoms with Crippen molar-refractivity contribution in [2.45, 2.75) is 51.1 Å². The highest BCUT2D eigenvalue weighted by Crippen LogP contribution is 2.36. The molecule has 3 heterocycles. The summed E-state index contributed by atoms with van der Waals surface area (Å²) >= 11 is 0. The van der Waals surface area contributed by atoms with Gasteiger partial charge in [-0.1, -0.05) is 12.1 Å². The number of guanidine groups is 1. The number of benzene rings is 1. The van der Waals surface area contributed by atoms with E-state index >= 15 is 0 Å². The molecule has 0 saturated carbocycles. The molecule has 3 unspecified atom stereocenters. The van der Waals surface area contributed by atoms with E-state index in [0.29, 0.717) is 18.0 Å². The lowest BCUT2D eigenvalue weighted by Crippen LogP contribution is -2.43. The Bertz CT molecular complexity index is 722. The first-order chi connectivity index (χ1) is 15.2. The molecule has 3 aliphatic heterocycles. The molecule has 1 N–H and O–H groups in total. The largest absolute Gasteiger partial charge is 0.497 e. The summed E-state index contributed by atoms with van der Waals surface area (Å²) in [6, 6.07) is 9.76. The SMILES string of the molecule is CCNC(=NCC1CCCN(C)C1c1ccc(OC)cc1)N1CCC(N2CCCC2)C1.I. The van der Waals surface area contributed by atoms with Crippen molar-refractivity contribution in [2.75, 3.05) is 60.0 Å². The lowest BCUT2D eigenvalue weighted by Gasteiger charge is -2.39. The molecule has 0 spiro atoms. The van der Waals surface area contributed by atoms with Crippen LogP contribution in [-0.2, 0) is 0 Å². The van der Waals surface area contributed by atoms with Crippen LogP contribution < -0.4 is 10.1 Å². The molecule has 0 amide bonds. The molecule has 1 aromatic rings. The van der Waals surface area contributed by atoms with Crippen LogP contribution in [0, 0.1) is 5.92 Å². The van der Waals surface area contributed by atoms with E-state index in [9.17, 15) is 0 Å². The third-order valence-electron chi connectivity index (χ3n) is 7.39. The molecule has 0 bridgehead atoms. The molecule has 32 heavy (non-hydrogen) atoms. The van der Waals surface area contributed by atoms with Gasteiger partial charge in [-0.15, -0.1) is 24.0 Å². The van der Waals surface area contributed by atoms with Gasteiger partial charge < -0.3 is 15.0 Å². The average molecular weight is 556 g/mol. The number of hydrogen-bond donors (Lipinski definition) is 1. The third kappa shape index (κ3) is 6.08. The normalized spacial score (nSPS) is 27.4. The lowest BCUT2D eigenvalue weighted by atomic mass is 9.85. The minimum atomic E-state index is 0. The number of rotatable bonds is 6. The second-order valence-corrected chi connectivity index (χ2v) is 9.43. The summed E-state index contributed by atoms with van der Waals surface area (Å²) in [7, 11) is 3.99. The van der Waals surface area contributed by atoms with Gasteiger partial charge in [0, 0.05) is 38.3 Å². The zero-order valence-electron chi connectivity index (χ0n) is 20.1. The first kappa shape index (κ1) is 25.6. The van der Waals surface area contributed by atoms with Crippen LogP contribution in [0.1, 0.15) is 50.6 Å². The van der Waals surface area contributed by atoms with Gasteiger partial charge in [0.15, 0.2) is 5.96 Å². The van der Waals surface area contributed by atoms with Gasteiger partial charge >= 0.3 is 0 Å². The minimum Gasteiger partial charge on any atom is -0.497 e. The lowest BCUT2D eigenvalue weighted by molar-refractivity contribution is 0.125. The smallest absolute Gasteiger partial charge is 0.193 e. The van der Waals surface area contributed by atoms with Gasteiger partial charge in [-0.05, 0) is 89.3 Å². The highest BCUT2D eigenvalue weighted by atomic mass is 127. The quantitative estimate of drug-likeness (QED) is 0.329. The minimum absolute atomic E-state index is 0. The number of ether oxygens (including phenoxy) is 1. The summed E-state index contributed by atoms with van der Waals surface area (Å²) in [5.74, 6) is 2.58. The van der Waals surface area contributed by atoms with Gasteiger partial charge in [-0.3, -0.25) is 14.8 Å². The Hall–Kier alpha value is -1.06. The van der Waals surface area contributed by atoms with Crippen LogP contribution in [0.2, 0.25) is 0 Å². The van der Waals surface area contributed by atoms with Gasteiger partial charge in [0.25, 0.3) is 0 Å². The zero-order valence-corrected chi connectivity index (χ0v) is 22.5. The Labute approximate surface area is 211 Å². The predicted molar refractivity (Wildman–Crippen MR) is 143 cm³/mol.